The summed E-state index contributed by atoms with van der Waals surface area (Å²) in [6.07, 6.45) is 3.72. The first-order chi connectivity index (χ1) is 12.7. The van der Waals surface area contributed by atoms with E-state index in [1.54, 1.807) is 6.20 Å². The van der Waals surface area contributed by atoms with E-state index < -0.39 is 0 Å². The van der Waals surface area contributed by atoms with Gasteiger partial charge in [-0.1, -0.05) is 42.5 Å². The molecule has 1 amide bonds. The van der Waals surface area contributed by atoms with Crippen LogP contribution in [0.3, 0.4) is 0 Å². The van der Waals surface area contributed by atoms with Crippen molar-refractivity contribution in [3.63, 3.8) is 0 Å². The van der Waals surface area contributed by atoms with E-state index in [4.69, 9.17) is 0 Å². The highest BCUT2D eigenvalue weighted by Crippen LogP contribution is 2.48. The summed E-state index contributed by atoms with van der Waals surface area (Å²) in [5.41, 5.74) is 3.51. The molecule has 4 aromatic rings. The molecular formula is C22H19N3O. The molecule has 1 aliphatic carbocycles. The SMILES string of the molecule is Cc1cc2cn[nH]c2cc1C(=O)NC1(c2cccc3ccccc23)CC1. The number of hydrogen-bond acceptors (Lipinski definition) is 2. The van der Waals surface area contributed by atoms with Crippen LogP contribution >= 0.6 is 0 Å². The molecule has 0 radical (unpaired) electrons. The quantitative estimate of drug-likeness (QED) is 0.579. The molecule has 1 saturated carbocycles. The van der Waals surface area contributed by atoms with Crippen LogP contribution in [-0.4, -0.2) is 16.1 Å². The molecule has 1 aromatic heterocycles. The fourth-order valence-electron chi connectivity index (χ4n) is 3.86. The van der Waals surface area contributed by atoms with Gasteiger partial charge in [-0.05, 0) is 53.8 Å². The molecule has 1 heterocycles. The highest BCUT2D eigenvalue weighted by molar-refractivity contribution is 6.00. The fourth-order valence-corrected chi connectivity index (χ4v) is 3.86. The number of aryl methyl sites for hydroxylation is 1. The third kappa shape index (κ3) is 2.30. The maximum absolute atomic E-state index is 13.1. The van der Waals surface area contributed by atoms with Gasteiger partial charge >= 0.3 is 0 Å². The summed E-state index contributed by atoms with van der Waals surface area (Å²) in [6.45, 7) is 1.97. The minimum Gasteiger partial charge on any atom is -0.342 e. The summed E-state index contributed by atoms with van der Waals surface area (Å²) in [5.74, 6) is -0.0237. The Balaban J connectivity index is 1.53. The van der Waals surface area contributed by atoms with Crippen LogP contribution in [0.5, 0.6) is 0 Å². The van der Waals surface area contributed by atoms with Crippen molar-refractivity contribution in [3.05, 3.63) is 77.5 Å². The second-order valence-corrected chi connectivity index (χ2v) is 7.19. The van der Waals surface area contributed by atoms with E-state index in [1.165, 1.54) is 16.3 Å². The number of benzene rings is 3. The van der Waals surface area contributed by atoms with Crippen molar-refractivity contribution in [2.45, 2.75) is 25.3 Å². The number of fused-ring (bicyclic) bond motifs is 2. The van der Waals surface area contributed by atoms with Gasteiger partial charge in [0.05, 0.1) is 17.3 Å². The molecule has 4 nitrogen and oxygen atoms in total. The first kappa shape index (κ1) is 15.1. The predicted molar refractivity (Wildman–Crippen MR) is 103 cm³/mol. The van der Waals surface area contributed by atoms with Gasteiger partial charge in [0, 0.05) is 10.9 Å². The topological polar surface area (TPSA) is 57.8 Å². The van der Waals surface area contributed by atoms with Crippen molar-refractivity contribution in [1.82, 2.24) is 15.5 Å². The zero-order chi connectivity index (χ0) is 17.7. The molecule has 3 aromatic carbocycles. The van der Waals surface area contributed by atoms with Gasteiger partial charge in [0.15, 0.2) is 0 Å². The number of H-pyrrole nitrogens is 1. The molecule has 0 atom stereocenters. The van der Waals surface area contributed by atoms with E-state index in [1.807, 2.05) is 25.1 Å². The average molecular weight is 341 g/mol. The summed E-state index contributed by atoms with van der Waals surface area (Å²) in [4.78, 5) is 13.1. The summed E-state index contributed by atoms with van der Waals surface area (Å²) in [5, 5.41) is 13.8. The third-order valence-corrected chi connectivity index (χ3v) is 5.44. The van der Waals surface area contributed by atoms with Gasteiger partial charge in [0.2, 0.25) is 0 Å². The fraction of sp³-hybridized carbons (Fsp3) is 0.182. The Morgan fingerprint density at radius 3 is 2.73 bits per heavy atom. The molecule has 0 aliphatic heterocycles. The van der Waals surface area contributed by atoms with Crippen LogP contribution in [0.25, 0.3) is 21.7 Å². The van der Waals surface area contributed by atoms with Crippen molar-refractivity contribution >= 4 is 27.6 Å². The number of nitrogens with one attached hydrogen (secondary N) is 2. The van der Waals surface area contributed by atoms with Crippen molar-refractivity contribution in [2.75, 3.05) is 0 Å². The van der Waals surface area contributed by atoms with Gasteiger partial charge in [-0.25, -0.2) is 0 Å². The normalized spacial score (nSPS) is 15.3. The third-order valence-electron chi connectivity index (χ3n) is 5.44. The maximum Gasteiger partial charge on any atom is 0.252 e. The molecule has 0 bridgehead atoms. The second kappa shape index (κ2) is 5.43. The van der Waals surface area contributed by atoms with Crippen molar-refractivity contribution in [2.24, 2.45) is 0 Å². The second-order valence-electron chi connectivity index (χ2n) is 7.19. The van der Waals surface area contributed by atoms with E-state index in [0.717, 1.165) is 29.3 Å². The Hall–Kier alpha value is -3.14. The van der Waals surface area contributed by atoms with Crippen LogP contribution in [-0.2, 0) is 5.54 Å². The minimum absolute atomic E-state index is 0.0237. The van der Waals surface area contributed by atoms with E-state index in [9.17, 15) is 4.79 Å². The van der Waals surface area contributed by atoms with E-state index in [-0.39, 0.29) is 11.4 Å². The zero-order valence-electron chi connectivity index (χ0n) is 14.5. The van der Waals surface area contributed by atoms with Crippen LogP contribution in [0, 0.1) is 6.92 Å². The lowest BCUT2D eigenvalue weighted by atomic mass is 9.96. The van der Waals surface area contributed by atoms with Gasteiger partial charge in [0.1, 0.15) is 0 Å². The van der Waals surface area contributed by atoms with Gasteiger partial charge in [-0.15, -0.1) is 0 Å². The van der Waals surface area contributed by atoms with Gasteiger partial charge < -0.3 is 5.32 Å². The Morgan fingerprint density at radius 2 is 1.88 bits per heavy atom. The molecule has 4 heteroatoms. The van der Waals surface area contributed by atoms with E-state index in [2.05, 4.69) is 51.9 Å². The van der Waals surface area contributed by atoms with Gasteiger partial charge in [-0.2, -0.15) is 5.10 Å². The standard InChI is InChI=1S/C22H19N3O/c1-14-11-16-13-23-25-20(16)12-18(14)21(26)24-22(9-10-22)19-8-4-6-15-5-2-3-7-17(15)19/h2-8,11-13H,9-10H2,1H3,(H,23,25)(H,24,26). The summed E-state index contributed by atoms with van der Waals surface area (Å²) < 4.78 is 0. The first-order valence-electron chi connectivity index (χ1n) is 8.91. The molecule has 0 saturated heterocycles. The lowest BCUT2D eigenvalue weighted by Crippen LogP contribution is -2.35. The smallest absolute Gasteiger partial charge is 0.252 e. The van der Waals surface area contributed by atoms with E-state index >= 15 is 0 Å². The number of carbonyl (C=O) groups excluding carboxylic acids is 1. The van der Waals surface area contributed by atoms with Gasteiger partial charge in [-0.3, -0.25) is 9.89 Å². The molecule has 1 fully saturated rings. The Labute approximate surface area is 151 Å². The van der Waals surface area contributed by atoms with Crippen LogP contribution in [0.4, 0.5) is 0 Å². The number of amides is 1. The van der Waals surface area contributed by atoms with Crippen LogP contribution in [0.1, 0.15) is 34.3 Å². The number of hydrogen-bond donors (Lipinski definition) is 2. The first-order valence-corrected chi connectivity index (χ1v) is 8.91. The predicted octanol–water partition coefficient (Wildman–Crippen LogP) is 4.44. The molecule has 1 aliphatic rings. The molecule has 0 unspecified atom stereocenters. The molecule has 26 heavy (non-hydrogen) atoms. The van der Waals surface area contributed by atoms with Crippen molar-refractivity contribution < 1.29 is 4.79 Å². The Kier molecular flexibility index (Phi) is 3.16. The minimum atomic E-state index is -0.257. The molecule has 128 valence electrons. The van der Waals surface area contributed by atoms with Crippen molar-refractivity contribution in [1.29, 1.82) is 0 Å². The highest BCUT2D eigenvalue weighted by Gasteiger charge is 2.46. The maximum atomic E-state index is 13.1. The highest BCUT2D eigenvalue weighted by atomic mass is 16.1. The Bertz CT molecular complexity index is 1150. The number of rotatable bonds is 3. The van der Waals surface area contributed by atoms with E-state index in [0.29, 0.717) is 5.56 Å². The molecule has 0 spiro atoms. The molecule has 5 rings (SSSR count). The monoisotopic (exact) mass is 341 g/mol. The number of aromatic amines is 1. The number of carbonyl (C=O) groups is 1. The molecule has 2 N–H and O–H groups in total. The van der Waals surface area contributed by atoms with Gasteiger partial charge in [0.25, 0.3) is 5.91 Å². The van der Waals surface area contributed by atoms with Crippen molar-refractivity contribution in [3.8, 4) is 0 Å². The summed E-state index contributed by atoms with van der Waals surface area (Å²) in [7, 11) is 0. The summed E-state index contributed by atoms with van der Waals surface area (Å²) >= 11 is 0. The number of aromatic nitrogens is 2. The molecular weight excluding hydrogens is 322 g/mol. The lowest BCUT2D eigenvalue weighted by molar-refractivity contribution is 0.0930. The average Bonchev–Trinajstić information content (AvgIpc) is 3.28. The van der Waals surface area contributed by atoms with Crippen LogP contribution < -0.4 is 5.32 Å². The van der Waals surface area contributed by atoms with Crippen LogP contribution in [0.2, 0.25) is 0 Å². The zero-order valence-corrected chi connectivity index (χ0v) is 14.5. The Morgan fingerprint density at radius 1 is 1.08 bits per heavy atom. The summed E-state index contributed by atoms with van der Waals surface area (Å²) in [6, 6.07) is 18.6. The lowest BCUT2D eigenvalue weighted by Gasteiger charge is -2.21. The van der Waals surface area contributed by atoms with Crippen LogP contribution in [0.15, 0.2) is 60.8 Å². The number of nitrogens with zero attached hydrogens (tertiary/aromatic N) is 1. The largest absolute Gasteiger partial charge is 0.342 e.